The fourth-order valence-corrected chi connectivity index (χ4v) is 4.16. The average molecular weight is 290 g/mol. The standard InChI is InChI=1S/C11H18N2O5S/c1-8-7-19(17,18)5-4-13(8)11(16)12-3-2-9(6-12)10(14)15/h8-9H,2-7H2,1H3,(H,14,15). The van der Waals surface area contributed by atoms with Gasteiger partial charge in [0, 0.05) is 25.7 Å². The Balaban J connectivity index is 2.00. The van der Waals surface area contributed by atoms with E-state index in [1.165, 1.54) is 9.80 Å². The maximum absolute atomic E-state index is 12.3. The fourth-order valence-electron chi connectivity index (χ4n) is 2.60. The quantitative estimate of drug-likeness (QED) is 0.711. The number of hydrogen-bond acceptors (Lipinski definition) is 4. The third-order valence-electron chi connectivity index (χ3n) is 3.72. The van der Waals surface area contributed by atoms with Crippen molar-refractivity contribution in [3.63, 3.8) is 0 Å². The molecule has 1 N–H and O–H groups in total. The van der Waals surface area contributed by atoms with Crippen LogP contribution in [0.5, 0.6) is 0 Å². The molecule has 0 aromatic carbocycles. The van der Waals surface area contributed by atoms with Crippen LogP contribution in [0.4, 0.5) is 4.79 Å². The molecule has 0 spiro atoms. The number of aliphatic carboxylic acids is 1. The zero-order valence-corrected chi connectivity index (χ0v) is 11.6. The molecule has 2 atom stereocenters. The summed E-state index contributed by atoms with van der Waals surface area (Å²) in [5.41, 5.74) is 0. The van der Waals surface area contributed by atoms with Crippen molar-refractivity contribution < 1.29 is 23.1 Å². The Kier molecular flexibility index (Phi) is 3.71. The molecule has 8 heteroatoms. The number of urea groups is 1. The lowest BCUT2D eigenvalue weighted by atomic mass is 10.1. The molecule has 2 unspecified atom stereocenters. The predicted octanol–water partition coefficient (Wildman–Crippen LogP) is -0.368. The van der Waals surface area contributed by atoms with Crippen molar-refractivity contribution in [1.82, 2.24) is 9.80 Å². The highest BCUT2D eigenvalue weighted by Crippen LogP contribution is 2.20. The molecule has 108 valence electrons. The van der Waals surface area contributed by atoms with Gasteiger partial charge in [-0.15, -0.1) is 0 Å². The number of carboxylic acid groups (broad SMARTS) is 1. The summed E-state index contributed by atoms with van der Waals surface area (Å²) in [6, 6.07) is -0.596. The number of carbonyl (C=O) groups is 2. The molecule has 2 aliphatic heterocycles. The van der Waals surface area contributed by atoms with Crippen LogP contribution < -0.4 is 0 Å². The van der Waals surface area contributed by atoms with Crippen molar-refractivity contribution >= 4 is 21.8 Å². The molecule has 0 aliphatic carbocycles. The first kappa shape index (κ1) is 14.1. The van der Waals surface area contributed by atoms with Crippen LogP contribution in [-0.4, -0.2) is 72.5 Å². The fraction of sp³-hybridized carbons (Fsp3) is 0.818. The monoisotopic (exact) mass is 290 g/mol. The van der Waals surface area contributed by atoms with E-state index in [4.69, 9.17) is 5.11 Å². The third kappa shape index (κ3) is 2.99. The van der Waals surface area contributed by atoms with Crippen LogP contribution in [-0.2, 0) is 14.6 Å². The van der Waals surface area contributed by atoms with Gasteiger partial charge in [0.25, 0.3) is 0 Å². The van der Waals surface area contributed by atoms with Gasteiger partial charge in [0.1, 0.15) is 0 Å². The van der Waals surface area contributed by atoms with Crippen molar-refractivity contribution in [3.05, 3.63) is 0 Å². The first-order valence-corrected chi connectivity index (χ1v) is 8.11. The predicted molar refractivity (Wildman–Crippen MR) is 67.5 cm³/mol. The molecular formula is C11H18N2O5S. The maximum Gasteiger partial charge on any atom is 0.320 e. The molecule has 2 amide bonds. The number of carbonyl (C=O) groups excluding carboxylic acids is 1. The van der Waals surface area contributed by atoms with Crippen molar-refractivity contribution in [2.75, 3.05) is 31.1 Å². The van der Waals surface area contributed by atoms with Gasteiger partial charge in [0.15, 0.2) is 9.84 Å². The number of rotatable bonds is 1. The molecule has 2 heterocycles. The minimum absolute atomic E-state index is 0.0146. The summed E-state index contributed by atoms with van der Waals surface area (Å²) in [4.78, 5) is 26.2. The van der Waals surface area contributed by atoms with E-state index in [1.54, 1.807) is 6.92 Å². The second-order valence-corrected chi connectivity index (χ2v) is 7.44. The topological polar surface area (TPSA) is 95.0 Å². The van der Waals surface area contributed by atoms with Gasteiger partial charge in [-0.05, 0) is 13.3 Å². The molecule has 19 heavy (non-hydrogen) atoms. The molecule has 0 saturated carbocycles. The molecule has 0 radical (unpaired) electrons. The normalized spacial score (nSPS) is 30.4. The van der Waals surface area contributed by atoms with E-state index in [0.29, 0.717) is 13.0 Å². The van der Waals surface area contributed by atoms with E-state index in [9.17, 15) is 18.0 Å². The number of likely N-dealkylation sites (tertiary alicyclic amines) is 1. The van der Waals surface area contributed by atoms with Gasteiger partial charge in [0.05, 0.1) is 17.4 Å². The SMILES string of the molecule is CC1CS(=O)(=O)CCN1C(=O)N1CCC(C(=O)O)C1. The molecule has 2 aliphatic rings. The summed E-state index contributed by atoms with van der Waals surface area (Å²) in [6.07, 6.45) is 0.460. The highest BCUT2D eigenvalue weighted by Gasteiger charge is 2.37. The Morgan fingerprint density at radius 3 is 2.47 bits per heavy atom. The molecule has 0 aromatic heterocycles. The summed E-state index contributed by atoms with van der Waals surface area (Å²) in [6.45, 7) is 2.53. The van der Waals surface area contributed by atoms with Gasteiger partial charge in [-0.2, -0.15) is 0 Å². The highest BCUT2D eigenvalue weighted by molar-refractivity contribution is 7.91. The highest BCUT2D eigenvalue weighted by atomic mass is 32.2. The van der Waals surface area contributed by atoms with E-state index in [1.807, 2.05) is 0 Å². The number of nitrogens with zero attached hydrogens (tertiary/aromatic N) is 2. The smallest absolute Gasteiger partial charge is 0.320 e. The number of carboxylic acids is 1. The van der Waals surface area contributed by atoms with Gasteiger partial charge < -0.3 is 14.9 Å². The first-order chi connectivity index (χ1) is 8.80. The van der Waals surface area contributed by atoms with Gasteiger partial charge in [-0.3, -0.25) is 4.79 Å². The van der Waals surface area contributed by atoms with Crippen LogP contribution in [0.2, 0.25) is 0 Å². The van der Waals surface area contributed by atoms with Gasteiger partial charge in [-0.25, -0.2) is 13.2 Å². The van der Waals surface area contributed by atoms with E-state index in [0.717, 1.165) is 0 Å². The molecule has 0 aromatic rings. The maximum atomic E-state index is 12.3. The molecule has 0 bridgehead atoms. The number of sulfone groups is 1. The molecule has 2 fully saturated rings. The Morgan fingerprint density at radius 1 is 1.26 bits per heavy atom. The molecule has 2 rings (SSSR count). The Bertz CT molecular complexity index is 489. The summed E-state index contributed by atoms with van der Waals surface area (Å²) in [5, 5.41) is 8.91. The minimum Gasteiger partial charge on any atom is -0.481 e. The summed E-state index contributed by atoms with van der Waals surface area (Å²) in [7, 11) is -3.05. The first-order valence-electron chi connectivity index (χ1n) is 6.29. The van der Waals surface area contributed by atoms with E-state index in [2.05, 4.69) is 0 Å². The van der Waals surface area contributed by atoms with E-state index >= 15 is 0 Å². The van der Waals surface area contributed by atoms with Crippen LogP contribution in [0.1, 0.15) is 13.3 Å². The van der Waals surface area contributed by atoms with Crippen molar-refractivity contribution in [1.29, 1.82) is 0 Å². The zero-order valence-electron chi connectivity index (χ0n) is 10.8. The Hall–Kier alpha value is -1.31. The lowest BCUT2D eigenvalue weighted by Gasteiger charge is -2.35. The second-order valence-electron chi connectivity index (χ2n) is 5.21. The summed E-state index contributed by atoms with van der Waals surface area (Å²) >= 11 is 0. The Morgan fingerprint density at radius 2 is 1.95 bits per heavy atom. The van der Waals surface area contributed by atoms with Crippen molar-refractivity contribution in [3.8, 4) is 0 Å². The molecular weight excluding hydrogens is 272 g/mol. The average Bonchev–Trinajstić information content (AvgIpc) is 2.76. The van der Waals surface area contributed by atoms with Crippen LogP contribution in [0.15, 0.2) is 0 Å². The van der Waals surface area contributed by atoms with Crippen LogP contribution in [0.3, 0.4) is 0 Å². The van der Waals surface area contributed by atoms with Crippen LogP contribution in [0.25, 0.3) is 0 Å². The van der Waals surface area contributed by atoms with Gasteiger partial charge in [0.2, 0.25) is 0 Å². The largest absolute Gasteiger partial charge is 0.481 e. The number of hydrogen-bond donors (Lipinski definition) is 1. The van der Waals surface area contributed by atoms with Crippen molar-refractivity contribution in [2.24, 2.45) is 5.92 Å². The minimum atomic E-state index is -3.05. The molecule has 7 nitrogen and oxygen atoms in total. The van der Waals surface area contributed by atoms with E-state index in [-0.39, 0.29) is 36.7 Å². The second kappa shape index (κ2) is 4.99. The summed E-state index contributed by atoms with van der Waals surface area (Å²) in [5.74, 6) is -1.42. The van der Waals surface area contributed by atoms with Crippen molar-refractivity contribution in [2.45, 2.75) is 19.4 Å². The van der Waals surface area contributed by atoms with Gasteiger partial charge >= 0.3 is 12.0 Å². The van der Waals surface area contributed by atoms with Gasteiger partial charge in [-0.1, -0.05) is 0 Å². The summed E-state index contributed by atoms with van der Waals surface area (Å²) < 4.78 is 22.9. The zero-order chi connectivity index (χ0) is 14.2. The lowest BCUT2D eigenvalue weighted by molar-refractivity contribution is -0.141. The Labute approximate surface area is 112 Å². The lowest BCUT2D eigenvalue weighted by Crippen LogP contribution is -2.53. The number of amides is 2. The van der Waals surface area contributed by atoms with E-state index < -0.39 is 21.7 Å². The van der Waals surface area contributed by atoms with Crippen LogP contribution >= 0.6 is 0 Å². The van der Waals surface area contributed by atoms with Crippen LogP contribution in [0, 0.1) is 5.92 Å². The third-order valence-corrected chi connectivity index (χ3v) is 5.52. The molecule has 2 saturated heterocycles.